The van der Waals surface area contributed by atoms with E-state index in [9.17, 15) is 18.0 Å². The topological polar surface area (TPSA) is 79.2 Å². The van der Waals surface area contributed by atoms with E-state index >= 15 is 0 Å². The van der Waals surface area contributed by atoms with Gasteiger partial charge in [0.15, 0.2) is 0 Å². The summed E-state index contributed by atoms with van der Waals surface area (Å²) in [5.74, 6) is -0.153. The van der Waals surface area contributed by atoms with Gasteiger partial charge in [-0.15, -0.1) is 0 Å². The Balaban J connectivity index is 0.00000474. The lowest BCUT2D eigenvalue weighted by atomic mass is 9.68. The first-order valence-corrected chi connectivity index (χ1v) is 16.1. The molecule has 0 saturated heterocycles. The quantitative estimate of drug-likeness (QED) is 0.0774. The van der Waals surface area contributed by atoms with Gasteiger partial charge < -0.3 is 21.7 Å². The summed E-state index contributed by atoms with van der Waals surface area (Å²) in [6.07, 6.45) is 16.4. The highest BCUT2D eigenvalue weighted by Gasteiger charge is 2.37. The molecule has 1 aromatic rings. The minimum Gasteiger partial charge on any atom is -0.405 e. The first-order valence-electron chi connectivity index (χ1n) is 16.1. The van der Waals surface area contributed by atoms with Gasteiger partial charge in [-0.2, -0.15) is 13.2 Å². The van der Waals surface area contributed by atoms with Crippen LogP contribution in [0.15, 0.2) is 84.1 Å². The Morgan fingerprint density at radius 1 is 1.07 bits per heavy atom. The fourth-order valence-electron chi connectivity index (χ4n) is 5.45. The second-order valence-electron chi connectivity index (χ2n) is 10.8. The van der Waals surface area contributed by atoms with Crippen LogP contribution in [0.1, 0.15) is 83.8 Å². The standard InChI is InChI=1S/C34H49F3N4O.C2H6/c1-4-6-15-28(19-22-38)32(42)41-30(5-2)20-24-39-23-13-12-21-33(25-40-26-34(35,36)37,29-16-8-7-9-17-29)31-18-11-10-14-27(31)3;1-2/h4,6,8,10-11,14-19,22,30,39-40H,5,7,9,12-13,20-21,23-26,38H2,1-3H3,(H,41,42);1-2H3/b6-4-,22-19+,28-15+;. The van der Waals surface area contributed by atoms with E-state index in [4.69, 9.17) is 5.73 Å². The number of alkyl halides is 3. The number of carbonyl (C=O) groups excluding carboxylic acids is 1. The predicted octanol–water partition coefficient (Wildman–Crippen LogP) is 7.71. The number of aryl methyl sites for hydroxylation is 1. The second-order valence-corrected chi connectivity index (χ2v) is 10.8. The van der Waals surface area contributed by atoms with Crippen molar-refractivity contribution in [3.8, 4) is 0 Å². The number of nitrogens with one attached hydrogen (secondary N) is 3. The van der Waals surface area contributed by atoms with Crippen molar-refractivity contribution in [3.05, 3.63) is 95.3 Å². The summed E-state index contributed by atoms with van der Waals surface area (Å²) >= 11 is 0. The van der Waals surface area contributed by atoms with Gasteiger partial charge in [-0.05, 0) is 101 Å². The molecule has 5 N–H and O–H groups in total. The van der Waals surface area contributed by atoms with Crippen LogP contribution in [0.25, 0.3) is 0 Å². The molecule has 0 radical (unpaired) electrons. The van der Waals surface area contributed by atoms with Crippen LogP contribution in [0.5, 0.6) is 0 Å². The molecule has 1 aromatic carbocycles. The van der Waals surface area contributed by atoms with E-state index in [1.165, 1.54) is 6.20 Å². The summed E-state index contributed by atoms with van der Waals surface area (Å²) in [5.41, 5.74) is 8.73. The molecule has 0 bridgehead atoms. The summed E-state index contributed by atoms with van der Waals surface area (Å²) in [4.78, 5) is 12.7. The number of hydrogen-bond donors (Lipinski definition) is 4. The monoisotopic (exact) mass is 616 g/mol. The van der Waals surface area contributed by atoms with Crippen LogP contribution in [-0.4, -0.2) is 44.3 Å². The molecular formula is C36H55F3N4O. The maximum Gasteiger partial charge on any atom is 0.401 e. The van der Waals surface area contributed by atoms with Gasteiger partial charge in [-0.1, -0.05) is 81.8 Å². The third-order valence-corrected chi connectivity index (χ3v) is 7.67. The number of halogens is 3. The highest BCUT2D eigenvalue weighted by molar-refractivity contribution is 5.96. The first-order chi connectivity index (χ1) is 21.2. The maximum atomic E-state index is 13.1. The zero-order valence-electron chi connectivity index (χ0n) is 27.4. The third-order valence-electron chi connectivity index (χ3n) is 7.67. The van der Waals surface area contributed by atoms with Gasteiger partial charge in [0.2, 0.25) is 0 Å². The van der Waals surface area contributed by atoms with Crippen LogP contribution in [-0.2, 0) is 10.2 Å². The second kappa shape index (κ2) is 21.6. The summed E-state index contributed by atoms with van der Waals surface area (Å²) in [6.45, 7) is 10.7. The Labute approximate surface area is 264 Å². The molecule has 2 atom stereocenters. The lowest BCUT2D eigenvalue weighted by Crippen LogP contribution is -2.43. The van der Waals surface area contributed by atoms with E-state index in [0.717, 1.165) is 74.7 Å². The van der Waals surface area contributed by atoms with Gasteiger partial charge in [0.05, 0.1) is 6.54 Å². The Hall–Kier alpha value is -3.10. The van der Waals surface area contributed by atoms with Crippen LogP contribution >= 0.6 is 0 Å². The van der Waals surface area contributed by atoms with Gasteiger partial charge >= 0.3 is 6.18 Å². The maximum absolute atomic E-state index is 13.1. The lowest BCUT2D eigenvalue weighted by molar-refractivity contribution is -0.125. The van der Waals surface area contributed by atoms with Gasteiger partial charge in [0.1, 0.15) is 0 Å². The van der Waals surface area contributed by atoms with E-state index in [1.807, 2.05) is 58.9 Å². The van der Waals surface area contributed by atoms with Crippen molar-refractivity contribution in [2.45, 2.75) is 97.2 Å². The summed E-state index contributed by atoms with van der Waals surface area (Å²) in [7, 11) is 0. The smallest absolute Gasteiger partial charge is 0.401 e. The summed E-state index contributed by atoms with van der Waals surface area (Å²) in [6, 6.07) is 8.08. The largest absolute Gasteiger partial charge is 0.405 e. The molecule has 0 spiro atoms. The molecule has 1 amide bonds. The molecule has 1 aliphatic rings. The number of unbranched alkanes of at least 4 members (excludes halogenated alkanes) is 1. The molecule has 8 heteroatoms. The SMILES string of the molecule is CC.C\C=C/C=C(\C=C\N)C(=O)NC(CC)CCNCCCCC(CNCC(F)(F)F)(C1=CCCC=C1)c1ccccc1C. The number of hydrogen-bond acceptors (Lipinski definition) is 4. The Morgan fingerprint density at radius 3 is 2.43 bits per heavy atom. The molecule has 44 heavy (non-hydrogen) atoms. The molecule has 0 aliphatic heterocycles. The highest BCUT2D eigenvalue weighted by Crippen LogP contribution is 2.41. The van der Waals surface area contributed by atoms with Crippen molar-refractivity contribution in [2.75, 3.05) is 26.2 Å². The summed E-state index contributed by atoms with van der Waals surface area (Å²) < 4.78 is 39.4. The minimum absolute atomic E-state index is 0.0311. The van der Waals surface area contributed by atoms with E-state index in [0.29, 0.717) is 5.57 Å². The Morgan fingerprint density at radius 2 is 1.82 bits per heavy atom. The van der Waals surface area contributed by atoms with Crippen molar-refractivity contribution in [1.82, 2.24) is 16.0 Å². The van der Waals surface area contributed by atoms with Gasteiger partial charge in [0.25, 0.3) is 5.91 Å². The number of nitrogens with two attached hydrogens (primary N) is 1. The fraction of sp³-hybridized carbons (Fsp3) is 0.528. The van der Waals surface area contributed by atoms with Gasteiger partial charge in [-0.25, -0.2) is 0 Å². The molecule has 246 valence electrons. The first kappa shape index (κ1) is 38.9. The molecule has 2 unspecified atom stereocenters. The zero-order valence-corrected chi connectivity index (χ0v) is 27.4. The van der Waals surface area contributed by atoms with Crippen LogP contribution in [0.2, 0.25) is 0 Å². The van der Waals surface area contributed by atoms with Crippen LogP contribution in [0, 0.1) is 6.92 Å². The van der Waals surface area contributed by atoms with Crippen molar-refractivity contribution in [2.24, 2.45) is 5.73 Å². The van der Waals surface area contributed by atoms with Gasteiger partial charge in [-0.3, -0.25) is 4.79 Å². The number of carbonyl (C=O) groups is 1. The average Bonchev–Trinajstić information content (AvgIpc) is 3.02. The van der Waals surface area contributed by atoms with E-state index in [2.05, 4.69) is 40.2 Å². The molecule has 1 aliphatic carbocycles. The van der Waals surface area contributed by atoms with E-state index < -0.39 is 18.1 Å². The molecule has 2 rings (SSSR count). The zero-order chi connectivity index (χ0) is 32.8. The third kappa shape index (κ3) is 13.7. The number of benzene rings is 1. The lowest BCUT2D eigenvalue weighted by Gasteiger charge is -2.39. The average molecular weight is 617 g/mol. The van der Waals surface area contributed by atoms with Crippen LogP contribution < -0.4 is 21.7 Å². The molecule has 0 aromatic heterocycles. The fourth-order valence-corrected chi connectivity index (χ4v) is 5.45. The van der Waals surface area contributed by atoms with Crippen molar-refractivity contribution in [3.63, 3.8) is 0 Å². The molecule has 5 nitrogen and oxygen atoms in total. The Kier molecular flexibility index (Phi) is 19.1. The van der Waals surface area contributed by atoms with E-state index in [-0.39, 0.29) is 18.5 Å². The molecular weight excluding hydrogens is 561 g/mol. The van der Waals surface area contributed by atoms with Crippen LogP contribution in [0.3, 0.4) is 0 Å². The molecule has 0 fully saturated rings. The Bertz CT molecular complexity index is 1120. The minimum atomic E-state index is -4.26. The number of amides is 1. The van der Waals surface area contributed by atoms with Crippen molar-refractivity contribution < 1.29 is 18.0 Å². The number of allylic oxidation sites excluding steroid dienone is 6. The summed E-state index contributed by atoms with van der Waals surface area (Å²) in [5, 5.41) is 9.32. The van der Waals surface area contributed by atoms with Crippen molar-refractivity contribution in [1.29, 1.82) is 0 Å². The van der Waals surface area contributed by atoms with Gasteiger partial charge in [0, 0.05) is 23.6 Å². The van der Waals surface area contributed by atoms with E-state index in [1.54, 1.807) is 18.2 Å². The highest BCUT2D eigenvalue weighted by atomic mass is 19.4. The molecule has 0 saturated carbocycles. The predicted molar refractivity (Wildman–Crippen MR) is 179 cm³/mol. The van der Waals surface area contributed by atoms with Crippen LogP contribution in [0.4, 0.5) is 13.2 Å². The number of rotatable bonds is 18. The normalized spacial score (nSPS) is 15.9. The van der Waals surface area contributed by atoms with Crippen molar-refractivity contribution >= 4 is 5.91 Å². The molecule has 0 heterocycles.